The molecule has 4 atom stereocenters. The molecule has 1 heterocycles. The summed E-state index contributed by atoms with van der Waals surface area (Å²) in [6.45, 7) is 2.78. The summed E-state index contributed by atoms with van der Waals surface area (Å²) in [7, 11) is 0. The molecular weight excluding hydrogens is 454 g/mol. The van der Waals surface area contributed by atoms with Crippen LogP contribution in [0.3, 0.4) is 0 Å². The number of ketones is 2. The van der Waals surface area contributed by atoms with E-state index in [1.165, 1.54) is 25.1 Å². The van der Waals surface area contributed by atoms with Crippen molar-refractivity contribution in [2.45, 2.75) is 51.4 Å². The van der Waals surface area contributed by atoms with Crippen molar-refractivity contribution in [3.8, 4) is 11.5 Å². The van der Waals surface area contributed by atoms with Gasteiger partial charge in [-0.15, -0.1) is 12.4 Å². The predicted octanol–water partition coefficient (Wildman–Crippen LogP) is 2.21. The molecule has 1 aliphatic heterocycles. The van der Waals surface area contributed by atoms with E-state index < -0.39 is 53.6 Å². The fraction of sp³-hybridized carbons (Fsp3) is 0.348. The Balaban J connectivity index is 0.00000306. The van der Waals surface area contributed by atoms with Gasteiger partial charge in [-0.1, -0.05) is 24.3 Å². The van der Waals surface area contributed by atoms with Crippen LogP contribution in [0.2, 0.25) is 0 Å². The minimum absolute atomic E-state index is 0. The standard InChI is InChI=1S/C23H23NO8.ClH/c1-10-23(32-11(2)25)15(24)8-17(31-10)30-9-12-7-16(26)18-19(20(12)27)22(29)14-6-4-3-5-13(14)21(18)28;/h3-7,10,15,17,23,26-27H,8-9,24H2,1-2H3;1H/t10-,15+,17-,23-;/m0./s1. The summed E-state index contributed by atoms with van der Waals surface area (Å²) in [6.07, 6.45) is -1.67. The first-order valence-electron chi connectivity index (χ1n) is 10.1. The van der Waals surface area contributed by atoms with Crippen molar-refractivity contribution in [2.75, 3.05) is 0 Å². The number of esters is 1. The zero-order valence-corrected chi connectivity index (χ0v) is 18.8. The van der Waals surface area contributed by atoms with Gasteiger partial charge in [0, 0.05) is 36.1 Å². The number of carbonyl (C=O) groups excluding carboxylic acids is 3. The summed E-state index contributed by atoms with van der Waals surface area (Å²) in [5, 5.41) is 21.2. The van der Waals surface area contributed by atoms with E-state index in [4.69, 9.17) is 19.9 Å². The molecule has 0 saturated carbocycles. The molecule has 0 spiro atoms. The number of phenols is 2. The van der Waals surface area contributed by atoms with Gasteiger partial charge in [0.1, 0.15) is 17.6 Å². The highest BCUT2D eigenvalue weighted by Gasteiger charge is 2.38. The molecule has 176 valence electrons. The van der Waals surface area contributed by atoms with Crippen LogP contribution in [0.4, 0.5) is 0 Å². The Kier molecular flexibility index (Phi) is 7.08. The van der Waals surface area contributed by atoms with Gasteiger partial charge in [-0.2, -0.15) is 0 Å². The summed E-state index contributed by atoms with van der Waals surface area (Å²) in [6, 6.07) is 6.91. The van der Waals surface area contributed by atoms with Gasteiger partial charge in [0.05, 0.1) is 23.8 Å². The summed E-state index contributed by atoms with van der Waals surface area (Å²) in [5.74, 6) is -2.41. The minimum atomic E-state index is -0.762. The average Bonchev–Trinajstić information content (AvgIpc) is 2.74. The van der Waals surface area contributed by atoms with Gasteiger partial charge in [0.25, 0.3) is 0 Å². The molecule has 1 fully saturated rings. The molecule has 1 aliphatic carbocycles. The van der Waals surface area contributed by atoms with E-state index in [-0.39, 0.29) is 53.3 Å². The number of fused-ring (bicyclic) bond motifs is 2. The highest BCUT2D eigenvalue weighted by molar-refractivity contribution is 6.30. The molecule has 0 bridgehead atoms. The molecule has 0 amide bonds. The van der Waals surface area contributed by atoms with Crippen molar-refractivity contribution < 1.29 is 38.8 Å². The molecule has 9 nitrogen and oxygen atoms in total. The number of nitrogens with two attached hydrogens (primary N) is 1. The summed E-state index contributed by atoms with van der Waals surface area (Å²) in [5.41, 5.74) is 6.05. The second kappa shape index (κ2) is 9.48. The number of phenolic OH excluding ortho intramolecular Hbond substituents is 2. The Morgan fingerprint density at radius 3 is 2.33 bits per heavy atom. The Labute approximate surface area is 195 Å². The van der Waals surface area contributed by atoms with Crippen molar-refractivity contribution in [3.63, 3.8) is 0 Å². The van der Waals surface area contributed by atoms with Crippen LogP contribution in [-0.4, -0.2) is 52.3 Å². The number of benzene rings is 2. The summed E-state index contributed by atoms with van der Waals surface area (Å²) < 4.78 is 16.6. The molecule has 0 radical (unpaired) electrons. The van der Waals surface area contributed by atoms with Crippen molar-refractivity contribution in [3.05, 3.63) is 58.1 Å². The SMILES string of the molecule is CC(=O)O[C@@H]1[C@H](N)C[C@@H](OCc2cc(O)c3c(c2O)C(=O)c2ccccc2C3=O)O[C@H]1C.Cl. The van der Waals surface area contributed by atoms with Gasteiger partial charge in [-0.25, -0.2) is 0 Å². The molecule has 10 heteroatoms. The molecular formula is C23H24ClNO8. The van der Waals surface area contributed by atoms with Gasteiger partial charge >= 0.3 is 5.97 Å². The summed E-state index contributed by atoms with van der Waals surface area (Å²) in [4.78, 5) is 37.0. The van der Waals surface area contributed by atoms with E-state index in [1.54, 1.807) is 19.1 Å². The number of rotatable bonds is 4. The van der Waals surface area contributed by atoms with E-state index in [0.29, 0.717) is 0 Å². The van der Waals surface area contributed by atoms with Crippen LogP contribution < -0.4 is 5.73 Å². The first-order valence-corrected chi connectivity index (χ1v) is 10.1. The van der Waals surface area contributed by atoms with E-state index >= 15 is 0 Å². The Morgan fingerprint density at radius 1 is 1.15 bits per heavy atom. The molecule has 2 aliphatic rings. The normalized spacial score (nSPS) is 23.8. The van der Waals surface area contributed by atoms with E-state index in [0.717, 1.165) is 0 Å². The quantitative estimate of drug-likeness (QED) is 0.380. The lowest BCUT2D eigenvalue weighted by molar-refractivity contribution is -0.233. The van der Waals surface area contributed by atoms with Gasteiger partial charge < -0.3 is 30.2 Å². The van der Waals surface area contributed by atoms with Crippen LogP contribution in [-0.2, 0) is 25.6 Å². The topological polar surface area (TPSA) is 145 Å². The van der Waals surface area contributed by atoms with Crippen LogP contribution >= 0.6 is 12.4 Å². The fourth-order valence-electron chi connectivity index (χ4n) is 4.16. The molecule has 2 aromatic rings. The lowest BCUT2D eigenvalue weighted by Gasteiger charge is -2.38. The largest absolute Gasteiger partial charge is 0.507 e. The van der Waals surface area contributed by atoms with Gasteiger partial charge in [0.15, 0.2) is 17.9 Å². The molecule has 4 N–H and O–H groups in total. The molecule has 0 unspecified atom stereocenters. The molecule has 0 aromatic heterocycles. The van der Waals surface area contributed by atoms with Crippen LogP contribution in [0.15, 0.2) is 30.3 Å². The molecule has 2 aromatic carbocycles. The summed E-state index contributed by atoms with van der Waals surface area (Å²) >= 11 is 0. The zero-order valence-electron chi connectivity index (χ0n) is 17.9. The van der Waals surface area contributed by atoms with Gasteiger partial charge in [-0.05, 0) is 13.0 Å². The first-order chi connectivity index (χ1) is 15.2. The minimum Gasteiger partial charge on any atom is -0.507 e. The number of ether oxygens (including phenoxy) is 3. The average molecular weight is 478 g/mol. The Bertz CT molecular complexity index is 1110. The number of halogens is 1. The van der Waals surface area contributed by atoms with Gasteiger partial charge in [-0.3, -0.25) is 14.4 Å². The van der Waals surface area contributed by atoms with Crippen molar-refractivity contribution >= 4 is 29.9 Å². The number of carbonyl (C=O) groups is 3. The van der Waals surface area contributed by atoms with Crippen LogP contribution in [0.1, 0.15) is 57.7 Å². The Morgan fingerprint density at radius 2 is 1.76 bits per heavy atom. The monoisotopic (exact) mass is 477 g/mol. The van der Waals surface area contributed by atoms with Crippen LogP contribution in [0.5, 0.6) is 11.5 Å². The molecule has 1 saturated heterocycles. The second-order valence-electron chi connectivity index (χ2n) is 7.91. The zero-order chi connectivity index (χ0) is 23.2. The van der Waals surface area contributed by atoms with E-state index in [2.05, 4.69) is 0 Å². The van der Waals surface area contributed by atoms with Crippen LogP contribution in [0.25, 0.3) is 0 Å². The highest BCUT2D eigenvalue weighted by Crippen LogP contribution is 2.40. The lowest BCUT2D eigenvalue weighted by Crippen LogP contribution is -2.53. The van der Waals surface area contributed by atoms with Crippen molar-refractivity contribution in [1.29, 1.82) is 0 Å². The lowest BCUT2D eigenvalue weighted by atomic mass is 9.82. The second-order valence-corrected chi connectivity index (χ2v) is 7.91. The third-order valence-corrected chi connectivity index (χ3v) is 5.67. The first kappa shape index (κ1) is 24.7. The fourth-order valence-corrected chi connectivity index (χ4v) is 4.16. The van der Waals surface area contributed by atoms with E-state index in [1.807, 2.05) is 0 Å². The highest BCUT2D eigenvalue weighted by atomic mass is 35.5. The molecule has 4 rings (SSSR count). The number of aromatic hydroxyl groups is 2. The Hall–Kier alpha value is -2.98. The van der Waals surface area contributed by atoms with Crippen LogP contribution in [0, 0.1) is 0 Å². The third kappa shape index (κ3) is 4.45. The van der Waals surface area contributed by atoms with Gasteiger partial charge in [0.2, 0.25) is 0 Å². The maximum Gasteiger partial charge on any atom is 0.303 e. The maximum absolute atomic E-state index is 12.9. The van der Waals surface area contributed by atoms with Crippen molar-refractivity contribution in [2.24, 2.45) is 5.73 Å². The number of hydrogen-bond acceptors (Lipinski definition) is 9. The maximum atomic E-state index is 12.9. The van der Waals surface area contributed by atoms with Crippen molar-refractivity contribution in [1.82, 2.24) is 0 Å². The van der Waals surface area contributed by atoms with E-state index in [9.17, 15) is 24.6 Å². The predicted molar refractivity (Wildman–Crippen MR) is 118 cm³/mol. The third-order valence-electron chi connectivity index (χ3n) is 5.67. The number of hydrogen-bond donors (Lipinski definition) is 3. The smallest absolute Gasteiger partial charge is 0.303 e. The molecule has 33 heavy (non-hydrogen) atoms.